The quantitative estimate of drug-likeness (QED) is 0.543. The molecule has 3 aromatic rings. The zero-order valence-electron chi connectivity index (χ0n) is 11.6. The highest BCUT2D eigenvalue weighted by atomic mass is 32.1. The maximum Gasteiger partial charge on any atom is 0.433 e. The van der Waals surface area contributed by atoms with E-state index < -0.39 is 4.92 Å². The van der Waals surface area contributed by atoms with Crippen molar-refractivity contribution in [3.05, 3.63) is 33.7 Å². The van der Waals surface area contributed by atoms with Crippen molar-refractivity contribution in [1.82, 2.24) is 9.97 Å². The van der Waals surface area contributed by atoms with Crippen molar-refractivity contribution in [2.24, 2.45) is 0 Å². The average molecular weight is 316 g/mol. The molecule has 0 aliphatic carbocycles. The van der Waals surface area contributed by atoms with Gasteiger partial charge in [-0.2, -0.15) is 0 Å². The molecular formula is C14H12N4O3S. The van der Waals surface area contributed by atoms with E-state index in [1.807, 2.05) is 11.4 Å². The lowest BCUT2D eigenvalue weighted by molar-refractivity contribution is -0.401. The normalized spacial score (nSPS) is 14.8. The summed E-state index contributed by atoms with van der Waals surface area (Å²) in [4.78, 5) is 21.5. The van der Waals surface area contributed by atoms with Crippen molar-refractivity contribution >= 4 is 33.3 Å². The summed E-state index contributed by atoms with van der Waals surface area (Å²) < 4.78 is 6.28. The van der Waals surface area contributed by atoms with Gasteiger partial charge in [-0.25, -0.2) is 9.97 Å². The van der Waals surface area contributed by atoms with Crippen LogP contribution in [0.25, 0.3) is 21.8 Å². The second-order valence-electron chi connectivity index (χ2n) is 5.09. The number of hydrogen-bond acceptors (Lipinski definition) is 7. The smallest absolute Gasteiger partial charge is 0.397 e. The lowest BCUT2D eigenvalue weighted by Crippen LogP contribution is -2.19. The first-order valence-electron chi connectivity index (χ1n) is 6.97. The molecule has 3 aromatic heterocycles. The Morgan fingerprint density at radius 1 is 1.23 bits per heavy atom. The zero-order chi connectivity index (χ0) is 15.1. The minimum Gasteiger partial charge on any atom is -0.397 e. The monoisotopic (exact) mass is 316 g/mol. The summed E-state index contributed by atoms with van der Waals surface area (Å²) in [5, 5.41) is 12.7. The fourth-order valence-electron chi connectivity index (χ4n) is 2.65. The predicted octanol–water partition coefficient (Wildman–Crippen LogP) is 3.46. The average Bonchev–Trinajstić information content (AvgIpc) is 3.25. The van der Waals surface area contributed by atoms with Gasteiger partial charge in [-0.15, -0.1) is 11.3 Å². The van der Waals surface area contributed by atoms with Gasteiger partial charge in [0.2, 0.25) is 0 Å². The molecule has 0 radical (unpaired) electrons. The van der Waals surface area contributed by atoms with Crippen LogP contribution in [-0.4, -0.2) is 28.0 Å². The van der Waals surface area contributed by atoms with Crippen molar-refractivity contribution in [2.45, 2.75) is 12.8 Å². The highest BCUT2D eigenvalue weighted by molar-refractivity contribution is 7.17. The Bertz CT molecular complexity index is 851. The zero-order valence-corrected chi connectivity index (χ0v) is 12.4. The maximum atomic E-state index is 10.8. The second-order valence-corrected chi connectivity index (χ2v) is 6.01. The van der Waals surface area contributed by atoms with E-state index in [0.29, 0.717) is 11.6 Å². The number of rotatable bonds is 3. The van der Waals surface area contributed by atoms with Crippen molar-refractivity contribution in [3.8, 4) is 11.6 Å². The third-order valence-electron chi connectivity index (χ3n) is 3.68. The summed E-state index contributed by atoms with van der Waals surface area (Å²) in [6, 6.07) is 4.80. The van der Waals surface area contributed by atoms with Crippen LogP contribution < -0.4 is 4.90 Å². The maximum absolute atomic E-state index is 10.8. The van der Waals surface area contributed by atoms with Gasteiger partial charge in [0.1, 0.15) is 4.92 Å². The van der Waals surface area contributed by atoms with E-state index in [-0.39, 0.29) is 5.88 Å². The number of anilines is 1. The molecule has 1 aliphatic heterocycles. The molecule has 0 atom stereocenters. The molecule has 0 bridgehead atoms. The lowest BCUT2D eigenvalue weighted by atomic mass is 10.3. The molecule has 1 saturated heterocycles. The third kappa shape index (κ3) is 2.12. The molecular weight excluding hydrogens is 304 g/mol. The number of nitrogens with zero attached hydrogens (tertiary/aromatic N) is 4. The second kappa shape index (κ2) is 5.06. The molecule has 0 unspecified atom stereocenters. The van der Waals surface area contributed by atoms with Crippen LogP contribution in [0.1, 0.15) is 12.8 Å². The summed E-state index contributed by atoms with van der Waals surface area (Å²) in [7, 11) is 0. The minimum absolute atomic E-state index is 0.299. The Kier molecular flexibility index (Phi) is 3.04. The van der Waals surface area contributed by atoms with Crippen LogP contribution in [0.5, 0.6) is 0 Å². The molecule has 0 N–H and O–H groups in total. The van der Waals surface area contributed by atoms with Gasteiger partial charge in [-0.1, -0.05) is 0 Å². The van der Waals surface area contributed by atoms with Crippen LogP contribution in [0, 0.1) is 10.1 Å². The van der Waals surface area contributed by atoms with Gasteiger partial charge >= 0.3 is 5.88 Å². The number of furan rings is 1. The fourth-order valence-corrected chi connectivity index (χ4v) is 3.50. The first kappa shape index (κ1) is 13.2. The summed E-state index contributed by atoms with van der Waals surface area (Å²) in [6.07, 6.45) is 2.30. The van der Waals surface area contributed by atoms with E-state index in [1.165, 1.54) is 6.07 Å². The molecule has 0 amide bonds. The Labute approximate surface area is 129 Å². The fraction of sp³-hybridized carbons (Fsp3) is 0.286. The summed E-state index contributed by atoms with van der Waals surface area (Å²) in [5.41, 5.74) is 0.843. The molecule has 22 heavy (non-hydrogen) atoms. The SMILES string of the molecule is O=[N+]([O-])c1ccc(-c2nc(N3CCCC3)c3sccc3n2)o1. The van der Waals surface area contributed by atoms with E-state index in [9.17, 15) is 10.1 Å². The van der Waals surface area contributed by atoms with Crippen LogP contribution in [0.4, 0.5) is 11.7 Å². The van der Waals surface area contributed by atoms with Crippen LogP contribution in [0.15, 0.2) is 28.0 Å². The molecule has 4 heterocycles. The standard InChI is InChI=1S/C14H12N4O3S/c19-18(20)11-4-3-10(21-11)13-15-9-5-8-22-12(9)14(16-13)17-6-1-2-7-17/h3-5,8H,1-2,6-7H2. The molecule has 0 aromatic carbocycles. The van der Waals surface area contributed by atoms with Gasteiger partial charge in [0, 0.05) is 13.1 Å². The Hall–Kier alpha value is -2.48. The summed E-state index contributed by atoms with van der Waals surface area (Å²) in [5.74, 6) is 1.31. The van der Waals surface area contributed by atoms with Gasteiger partial charge in [-0.05, 0) is 30.4 Å². The minimum atomic E-state index is -0.562. The third-order valence-corrected chi connectivity index (χ3v) is 4.58. The number of hydrogen-bond donors (Lipinski definition) is 0. The summed E-state index contributed by atoms with van der Waals surface area (Å²) >= 11 is 1.61. The summed E-state index contributed by atoms with van der Waals surface area (Å²) in [6.45, 7) is 1.95. The van der Waals surface area contributed by atoms with E-state index in [4.69, 9.17) is 4.42 Å². The molecule has 8 heteroatoms. The van der Waals surface area contributed by atoms with Crippen LogP contribution >= 0.6 is 11.3 Å². The Morgan fingerprint density at radius 2 is 2.05 bits per heavy atom. The van der Waals surface area contributed by atoms with Crippen molar-refractivity contribution in [1.29, 1.82) is 0 Å². The molecule has 112 valence electrons. The predicted molar refractivity (Wildman–Crippen MR) is 83.2 cm³/mol. The number of fused-ring (bicyclic) bond motifs is 1. The van der Waals surface area contributed by atoms with Gasteiger partial charge < -0.3 is 9.32 Å². The van der Waals surface area contributed by atoms with Gasteiger partial charge in [0.05, 0.1) is 16.3 Å². The molecule has 7 nitrogen and oxygen atoms in total. The van der Waals surface area contributed by atoms with Crippen LogP contribution in [-0.2, 0) is 0 Å². The van der Waals surface area contributed by atoms with E-state index in [0.717, 1.165) is 42.0 Å². The highest BCUT2D eigenvalue weighted by Gasteiger charge is 2.21. The molecule has 0 spiro atoms. The number of thiophene rings is 1. The van der Waals surface area contributed by atoms with Crippen LogP contribution in [0.2, 0.25) is 0 Å². The highest BCUT2D eigenvalue weighted by Crippen LogP contribution is 2.34. The van der Waals surface area contributed by atoms with E-state index in [1.54, 1.807) is 17.4 Å². The van der Waals surface area contributed by atoms with Gasteiger partial charge in [0.25, 0.3) is 0 Å². The largest absolute Gasteiger partial charge is 0.433 e. The lowest BCUT2D eigenvalue weighted by Gasteiger charge is -2.17. The molecule has 1 fully saturated rings. The first-order chi connectivity index (χ1) is 10.7. The number of nitro groups is 1. The Balaban J connectivity index is 1.85. The van der Waals surface area contributed by atoms with Crippen molar-refractivity contribution in [2.75, 3.05) is 18.0 Å². The molecule has 0 saturated carbocycles. The van der Waals surface area contributed by atoms with Crippen LogP contribution in [0.3, 0.4) is 0 Å². The van der Waals surface area contributed by atoms with Gasteiger partial charge in [0.15, 0.2) is 17.4 Å². The van der Waals surface area contributed by atoms with E-state index in [2.05, 4.69) is 14.9 Å². The van der Waals surface area contributed by atoms with Crippen molar-refractivity contribution < 1.29 is 9.34 Å². The Morgan fingerprint density at radius 3 is 2.77 bits per heavy atom. The number of aromatic nitrogens is 2. The van der Waals surface area contributed by atoms with Crippen molar-refractivity contribution in [3.63, 3.8) is 0 Å². The molecule has 4 rings (SSSR count). The first-order valence-corrected chi connectivity index (χ1v) is 7.85. The molecule has 1 aliphatic rings. The van der Waals surface area contributed by atoms with E-state index >= 15 is 0 Å². The van der Waals surface area contributed by atoms with Gasteiger partial charge in [-0.3, -0.25) is 10.1 Å². The topological polar surface area (TPSA) is 85.3 Å².